The molecule has 2 saturated heterocycles. The van der Waals surface area contributed by atoms with Crippen molar-refractivity contribution >= 4 is 18.0 Å². The van der Waals surface area contributed by atoms with E-state index in [2.05, 4.69) is 21.6 Å². The molecule has 34 heavy (non-hydrogen) atoms. The van der Waals surface area contributed by atoms with Crippen LogP contribution in [0, 0.1) is 16.7 Å². The van der Waals surface area contributed by atoms with E-state index in [1.807, 2.05) is 25.7 Å². The Hall–Kier alpha value is -2.42. The molecule has 2 heterocycles. The van der Waals surface area contributed by atoms with Gasteiger partial charge in [-0.05, 0) is 24.7 Å². The third-order valence-corrected chi connectivity index (χ3v) is 5.98. The van der Waals surface area contributed by atoms with Crippen molar-refractivity contribution in [3.63, 3.8) is 0 Å². The summed E-state index contributed by atoms with van der Waals surface area (Å²) in [6.07, 6.45) is 1.14. The average Bonchev–Trinajstić information content (AvgIpc) is 3.58. The molecule has 1 aliphatic carbocycles. The monoisotopic (exact) mass is 478 g/mol. The van der Waals surface area contributed by atoms with Gasteiger partial charge < -0.3 is 24.4 Å². The number of ether oxygens (including phenoxy) is 3. The van der Waals surface area contributed by atoms with Crippen molar-refractivity contribution < 1.29 is 23.8 Å². The van der Waals surface area contributed by atoms with Crippen molar-refractivity contribution in [1.29, 1.82) is 5.26 Å². The van der Waals surface area contributed by atoms with Gasteiger partial charge in [-0.15, -0.1) is 0 Å². The maximum Gasteiger partial charge on any atom is 0.414 e. The Morgan fingerprint density at radius 2 is 1.74 bits per heavy atom. The minimum absolute atomic E-state index is 0.191. The van der Waals surface area contributed by atoms with Gasteiger partial charge in [0.15, 0.2) is 0 Å². The second kappa shape index (κ2) is 11.8. The van der Waals surface area contributed by atoms with E-state index in [1.54, 1.807) is 0 Å². The normalized spacial score (nSPS) is 21.8. The van der Waals surface area contributed by atoms with E-state index in [0.29, 0.717) is 71.3 Å². The molecule has 3 fully saturated rings. The molecule has 1 saturated carbocycles. The van der Waals surface area contributed by atoms with E-state index < -0.39 is 17.7 Å². The fourth-order valence-electron chi connectivity index (χ4n) is 3.82. The van der Waals surface area contributed by atoms with Crippen LogP contribution in [0.5, 0.6) is 0 Å². The molecule has 0 spiro atoms. The molecular formula is C23H38N6O5. The Bertz CT molecular complexity index is 774. The number of morpholine rings is 2. The first-order valence-corrected chi connectivity index (χ1v) is 12.1. The zero-order valence-electron chi connectivity index (χ0n) is 20.6. The summed E-state index contributed by atoms with van der Waals surface area (Å²) in [7, 11) is 0. The molecular weight excluding hydrogens is 440 g/mol. The zero-order valence-corrected chi connectivity index (χ0v) is 20.6. The predicted molar refractivity (Wildman–Crippen MR) is 125 cm³/mol. The number of nitrogens with one attached hydrogen (secondary N) is 2. The van der Waals surface area contributed by atoms with Crippen molar-refractivity contribution in [2.24, 2.45) is 10.4 Å². The van der Waals surface area contributed by atoms with E-state index in [9.17, 15) is 14.9 Å². The molecule has 2 aliphatic heterocycles. The van der Waals surface area contributed by atoms with Crippen molar-refractivity contribution in [3.8, 4) is 6.07 Å². The van der Waals surface area contributed by atoms with Crippen molar-refractivity contribution in [3.05, 3.63) is 0 Å². The van der Waals surface area contributed by atoms with Gasteiger partial charge in [-0.1, -0.05) is 20.8 Å². The van der Waals surface area contributed by atoms with Gasteiger partial charge >= 0.3 is 6.09 Å². The lowest BCUT2D eigenvalue weighted by Crippen LogP contribution is -2.51. The van der Waals surface area contributed by atoms with Crippen LogP contribution in [0.4, 0.5) is 4.79 Å². The second-order valence-electron chi connectivity index (χ2n) is 10.2. The molecule has 3 aliphatic rings. The molecule has 190 valence electrons. The summed E-state index contributed by atoms with van der Waals surface area (Å²) in [5.74, 6) is -0.00639. The minimum Gasteiger partial charge on any atom is -0.448 e. The Labute approximate surface area is 201 Å². The quantitative estimate of drug-likeness (QED) is 0.404. The van der Waals surface area contributed by atoms with Crippen LogP contribution >= 0.6 is 0 Å². The molecule has 0 aromatic carbocycles. The number of hydrogen-bond donors (Lipinski definition) is 2. The summed E-state index contributed by atoms with van der Waals surface area (Å²) in [6, 6.07) is 1.44. The number of guanidine groups is 1. The average molecular weight is 479 g/mol. The summed E-state index contributed by atoms with van der Waals surface area (Å²) in [6.45, 7) is 12.1. The number of alkyl carbamates (subject to hydrolysis) is 1. The second-order valence-corrected chi connectivity index (χ2v) is 10.2. The lowest BCUT2D eigenvalue weighted by molar-refractivity contribution is -0.123. The standard InChI is InChI=1S/C23H38N6O5/c1-22(2,3)16-18(19(30)27-23(17-24)4-5-23)25-20(29-9-13-33-14-10-29)26-21(31)34-15-8-28-6-11-32-12-7-28/h18H,4-16H2,1-3H3,(H,27,30)(H,25,26,31)/t18-/m0/s1. The zero-order chi connectivity index (χ0) is 24.6. The highest BCUT2D eigenvalue weighted by atomic mass is 16.5. The van der Waals surface area contributed by atoms with Gasteiger partial charge in [-0.2, -0.15) is 5.26 Å². The van der Waals surface area contributed by atoms with Crippen LogP contribution in [-0.2, 0) is 19.0 Å². The summed E-state index contributed by atoms with van der Waals surface area (Å²) >= 11 is 0. The molecule has 0 aromatic heterocycles. The third-order valence-electron chi connectivity index (χ3n) is 5.98. The molecule has 11 heteroatoms. The molecule has 2 amide bonds. The van der Waals surface area contributed by atoms with Crippen LogP contribution in [0.2, 0.25) is 0 Å². The summed E-state index contributed by atoms with van der Waals surface area (Å²) in [4.78, 5) is 34.5. The number of nitrogens with zero attached hydrogens (tertiary/aromatic N) is 4. The van der Waals surface area contributed by atoms with Crippen LogP contribution < -0.4 is 10.6 Å². The van der Waals surface area contributed by atoms with Gasteiger partial charge in [-0.3, -0.25) is 15.0 Å². The van der Waals surface area contributed by atoms with E-state index in [1.165, 1.54) is 0 Å². The van der Waals surface area contributed by atoms with Gasteiger partial charge in [-0.25, -0.2) is 9.79 Å². The minimum atomic E-state index is -0.784. The number of hydrogen-bond acceptors (Lipinski definition) is 8. The van der Waals surface area contributed by atoms with Crippen molar-refractivity contribution in [2.75, 3.05) is 65.8 Å². The fraction of sp³-hybridized carbons (Fsp3) is 0.826. The highest BCUT2D eigenvalue weighted by Gasteiger charge is 2.46. The largest absolute Gasteiger partial charge is 0.448 e. The first-order chi connectivity index (χ1) is 16.2. The van der Waals surface area contributed by atoms with E-state index >= 15 is 0 Å². The number of carbonyl (C=O) groups excluding carboxylic acids is 2. The molecule has 0 radical (unpaired) electrons. The Balaban J connectivity index is 1.68. The molecule has 0 bridgehead atoms. The van der Waals surface area contributed by atoms with Crippen LogP contribution in [0.3, 0.4) is 0 Å². The molecule has 1 atom stereocenters. The number of rotatable bonds is 7. The Kier molecular flexibility index (Phi) is 9.10. The molecule has 2 N–H and O–H groups in total. The number of carbonyl (C=O) groups is 2. The summed E-state index contributed by atoms with van der Waals surface area (Å²) in [5, 5.41) is 15.0. The van der Waals surface area contributed by atoms with Crippen LogP contribution in [0.1, 0.15) is 40.0 Å². The Morgan fingerprint density at radius 3 is 2.29 bits per heavy atom. The van der Waals surface area contributed by atoms with Crippen molar-refractivity contribution in [2.45, 2.75) is 51.6 Å². The highest BCUT2D eigenvalue weighted by molar-refractivity contribution is 5.96. The SMILES string of the molecule is CC(C)(C)C[C@H](N=C(NC(=O)OCCN1CCOCC1)N1CCOCC1)C(=O)NC1(C#N)CC1. The topological polar surface area (TPSA) is 129 Å². The van der Waals surface area contributed by atoms with Crippen molar-refractivity contribution in [1.82, 2.24) is 20.4 Å². The summed E-state index contributed by atoms with van der Waals surface area (Å²) in [5.41, 5.74) is -0.975. The van der Waals surface area contributed by atoms with E-state index in [-0.39, 0.29) is 17.9 Å². The van der Waals surface area contributed by atoms with Crippen LogP contribution in [0.15, 0.2) is 4.99 Å². The maximum atomic E-state index is 13.1. The van der Waals surface area contributed by atoms with E-state index in [4.69, 9.17) is 19.2 Å². The highest BCUT2D eigenvalue weighted by Crippen LogP contribution is 2.35. The van der Waals surface area contributed by atoms with Gasteiger partial charge in [0.2, 0.25) is 11.9 Å². The fourth-order valence-corrected chi connectivity index (χ4v) is 3.82. The third kappa shape index (κ3) is 8.42. The lowest BCUT2D eigenvalue weighted by atomic mass is 9.88. The van der Waals surface area contributed by atoms with Crippen LogP contribution in [-0.4, -0.2) is 105 Å². The molecule has 0 aromatic rings. The molecule has 11 nitrogen and oxygen atoms in total. The Morgan fingerprint density at radius 1 is 1.12 bits per heavy atom. The number of amides is 2. The smallest absolute Gasteiger partial charge is 0.414 e. The van der Waals surface area contributed by atoms with Crippen LogP contribution in [0.25, 0.3) is 0 Å². The number of aliphatic imine (C=N–C) groups is 1. The van der Waals surface area contributed by atoms with Gasteiger partial charge in [0.1, 0.15) is 18.2 Å². The first-order valence-electron chi connectivity index (χ1n) is 12.1. The molecule has 0 unspecified atom stereocenters. The van der Waals surface area contributed by atoms with Gasteiger partial charge in [0, 0.05) is 32.7 Å². The van der Waals surface area contributed by atoms with Gasteiger partial charge in [0.05, 0.1) is 32.5 Å². The number of nitriles is 1. The maximum absolute atomic E-state index is 13.1. The predicted octanol–water partition coefficient (Wildman–Crippen LogP) is 0.710. The van der Waals surface area contributed by atoms with Gasteiger partial charge in [0.25, 0.3) is 0 Å². The first kappa shape index (κ1) is 26.2. The molecule has 3 rings (SSSR count). The van der Waals surface area contributed by atoms with E-state index in [0.717, 1.165) is 13.1 Å². The lowest BCUT2D eigenvalue weighted by Gasteiger charge is -2.31. The summed E-state index contributed by atoms with van der Waals surface area (Å²) < 4.78 is 16.2.